The molecular formula is C23H21NO. The molecule has 2 atom stereocenters. The Morgan fingerprint density at radius 1 is 0.840 bits per heavy atom. The summed E-state index contributed by atoms with van der Waals surface area (Å²) in [5.41, 5.74) is 11.8. The van der Waals surface area contributed by atoms with Crippen molar-refractivity contribution >= 4 is 5.78 Å². The molecule has 0 aromatic heterocycles. The number of hydrogen-bond acceptors (Lipinski definition) is 2. The summed E-state index contributed by atoms with van der Waals surface area (Å²) in [4.78, 5) is 12.5. The van der Waals surface area contributed by atoms with Crippen molar-refractivity contribution < 1.29 is 4.79 Å². The van der Waals surface area contributed by atoms with E-state index in [1.54, 1.807) is 0 Å². The molecule has 0 heterocycles. The van der Waals surface area contributed by atoms with Crippen LogP contribution in [0, 0.1) is 0 Å². The van der Waals surface area contributed by atoms with Crippen molar-refractivity contribution in [3.05, 3.63) is 107 Å². The van der Waals surface area contributed by atoms with Crippen molar-refractivity contribution in [1.82, 2.24) is 0 Å². The molecule has 4 rings (SSSR count). The zero-order valence-corrected chi connectivity index (χ0v) is 14.1. The molecule has 0 bridgehead atoms. The molecule has 2 unspecified atom stereocenters. The quantitative estimate of drug-likeness (QED) is 0.732. The normalized spacial score (nSPS) is 18.8. The molecule has 0 saturated carbocycles. The smallest absolute Gasteiger partial charge is 0.193 e. The van der Waals surface area contributed by atoms with Crippen LogP contribution in [0.25, 0.3) is 0 Å². The minimum absolute atomic E-state index is 0.0649. The summed E-state index contributed by atoms with van der Waals surface area (Å²) < 4.78 is 0. The summed E-state index contributed by atoms with van der Waals surface area (Å²) in [5, 5.41) is 0. The van der Waals surface area contributed by atoms with Crippen LogP contribution in [0.5, 0.6) is 0 Å². The third-order valence-electron chi connectivity index (χ3n) is 5.13. The molecule has 2 nitrogen and oxygen atoms in total. The number of hydrogen-bond donors (Lipinski definition) is 1. The number of ketones is 1. The first-order chi connectivity index (χ1) is 12.2. The Bertz CT molecular complexity index is 883. The lowest BCUT2D eigenvalue weighted by Gasteiger charge is -2.17. The third kappa shape index (κ3) is 3.13. The van der Waals surface area contributed by atoms with E-state index in [1.165, 1.54) is 16.7 Å². The summed E-state index contributed by atoms with van der Waals surface area (Å²) in [6, 6.07) is 26.1. The van der Waals surface area contributed by atoms with Crippen LogP contribution >= 0.6 is 0 Å². The first kappa shape index (κ1) is 15.8. The molecule has 3 aromatic carbocycles. The maximum atomic E-state index is 12.5. The molecule has 2 N–H and O–H groups in total. The van der Waals surface area contributed by atoms with Gasteiger partial charge in [-0.05, 0) is 29.5 Å². The Hall–Kier alpha value is -2.71. The highest BCUT2D eigenvalue weighted by Crippen LogP contribution is 2.34. The van der Waals surface area contributed by atoms with Crippen molar-refractivity contribution in [2.24, 2.45) is 5.73 Å². The van der Waals surface area contributed by atoms with Gasteiger partial charge in [0.2, 0.25) is 0 Å². The Labute approximate surface area is 148 Å². The highest BCUT2D eigenvalue weighted by molar-refractivity contribution is 6.08. The second-order valence-electron chi connectivity index (χ2n) is 6.77. The largest absolute Gasteiger partial charge is 0.327 e. The van der Waals surface area contributed by atoms with Crippen LogP contribution in [0.1, 0.15) is 38.5 Å². The number of carbonyl (C=O) groups is 1. The second-order valence-corrected chi connectivity index (χ2v) is 6.77. The zero-order chi connectivity index (χ0) is 17.2. The van der Waals surface area contributed by atoms with Gasteiger partial charge in [0.05, 0.1) is 0 Å². The molecule has 0 radical (unpaired) electrons. The van der Waals surface area contributed by atoms with Crippen LogP contribution in [0.3, 0.4) is 0 Å². The van der Waals surface area contributed by atoms with E-state index in [9.17, 15) is 4.79 Å². The van der Waals surface area contributed by atoms with Gasteiger partial charge in [0.1, 0.15) is 0 Å². The van der Waals surface area contributed by atoms with Gasteiger partial charge in [-0.25, -0.2) is 0 Å². The van der Waals surface area contributed by atoms with Gasteiger partial charge in [-0.1, -0.05) is 78.9 Å². The summed E-state index contributed by atoms with van der Waals surface area (Å²) in [7, 11) is 0. The van der Waals surface area contributed by atoms with Gasteiger partial charge in [0, 0.05) is 23.1 Å². The van der Waals surface area contributed by atoms with Gasteiger partial charge < -0.3 is 5.73 Å². The van der Waals surface area contributed by atoms with E-state index >= 15 is 0 Å². The second kappa shape index (κ2) is 6.66. The Kier molecular flexibility index (Phi) is 4.21. The minimum Gasteiger partial charge on any atom is -0.327 e. The first-order valence-corrected chi connectivity index (χ1v) is 8.74. The molecule has 3 aromatic rings. The average molecular weight is 327 g/mol. The molecule has 25 heavy (non-hydrogen) atoms. The highest BCUT2D eigenvalue weighted by atomic mass is 16.1. The third-order valence-corrected chi connectivity index (χ3v) is 5.13. The van der Waals surface area contributed by atoms with E-state index < -0.39 is 0 Å². The molecule has 124 valence electrons. The van der Waals surface area contributed by atoms with Crippen LogP contribution in [0.15, 0.2) is 78.9 Å². The van der Waals surface area contributed by atoms with Gasteiger partial charge >= 0.3 is 0 Å². The van der Waals surface area contributed by atoms with Crippen LogP contribution in [-0.4, -0.2) is 11.8 Å². The van der Waals surface area contributed by atoms with E-state index in [4.69, 9.17) is 5.73 Å². The predicted molar refractivity (Wildman–Crippen MR) is 101 cm³/mol. The van der Waals surface area contributed by atoms with Gasteiger partial charge in [-0.15, -0.1) is 0 Å². The van der Waals surface area contributed by atoms with E-state index in [1.807, 2.05) is 42.5 Å². The number of benzene rings is 3. The molecular weight excluding hydrogens is 306 g/mol. The first-order valence-electron chi connectivity index (χ1n) is 8.74. The lowest BCUT2D eigenvalue weighted by atomic mass is 9.90. The van der Waals surface area contributed by atoms with Crippen molar-refractivity contribution in [3.63, 3.8) is 0 Å². The fourth-order valence-electron chi connectivity index (χ4n) is 3.77. The molecule has 2 heteroatoms. The molecule has 0 spiro atoms. The van der Waals surface area contributed by atoms with Crippen LogP contribution in [0.2, 0.25) is 0 Å². The van der Waals surface area contributed by atoms with Crippen molar-refractivity contribution in [3.8, 4) is 0 Å². The lowest BCUT2D eigenvalue weighted by molar-refractivity contribution is 0.103. The summed E-state index contributed by atoms with van der Waals surface area (Å²) in [6.45, 7) is 0. The standard InChI is InChI=1S/C23H21NO/c24-22-15-19-8-4-5-9-20(19)21(22)14-16-10-12-18(13-11-16)23(25)17-6-2-1-3-7-17/h1-13,21-22H,14-15,24H2. The Morgan fingerprint density at radius 2 is 1.48 bits per heavy atom. The van der Waals surface area contributed by atoms with E-state index in [0.29, 0.717) is 5.92 Å². The van der Waals surface area contributed by atoms with Gasteiger partial charge in [-0.2, -0.15) is 0 Å². The number of rotatable bonds is 4. The van der Waals surface area contributed by atoms with Gasteiger partial charge in [0.15, 0.2) is 5.78 Å². The maximum Gasteiger partial charge on any atom is 0.193 e. The van der Waals surface area contributed by atoms with Crippen molar-refractivity contribution in [1.29, 1.82) is 0 Å². The van der Waals surface area contributed by atoms with E-state index in [0.717, 1.165) is 24.0 Å². The summed E-state index contributed by atoms with van der Waals surface area (Å²) in [6.07, 6.45) is 1.86. The van der Waals surface area contributed by atoms with Gasteiger partial charge in [-0.3, -0.25) is 4.79 Å². The maximum absolute atomic E-state index is 12.5. The number of fused-ring (bicyclic) bond motifs is 1. The summed E-state index contributed by atoms with van der Waals surface area (Å²) in [5.74, 6) is 0.418. The fourth-order valence-corrected chi connectivity index (χ4v) is 3.77. The van der Waals surface area contributed by atoms with E-state index in [2.05, 4.69) is 36.4 Å². The van der Waals surface area contributed by atoms with E-state index in [-0.39, 0.29) is 11.8 Å². The van der Waals surface area contributed by atoms with Crippen LogP contribution in [0.4, 0.5) is 0 Å². The topological polar surface area (TPSA) is 43.1 Å². The van der Waals surface area contributed by atoms with Crippen molar-refractivity contribution in [2.75, 3.05) is 0 Å². The Balaban J connectivity index is 1.53. The average Bonchev–Trinajstić information content (AvgIpc) is 2.98. The fraction of sp³-hybridized carbons (Fsp3) is 0.174. The van der Waals surface area contributed by atoms with Gasteiger partial charge in [0.25, 0.3) is 0 Å². The SMILES string of the molecule is NC1Cc2ccccc2C1Cc1ccc(C(=O)c2ccccc2)cc1. The predicted octanol–water partition coefficient (Wildman–Crippen LogP) is 4.13. The van der Waals surface area contributed by atoms with Crippen molar-refractivity contribution in [2.45, 2.75) is 24.8 Å². The molecule has 0 aliphatic heterocycles. The molecule has 1 aliphatic carbocycles. The summed E-state index contributed by atoms with van der Waals surface area (Å²) >= 11 is 0. The minimum atomic E-state index is 0.0649. The number of nitrogens with two attached hydrogens (primary N) is 1. The molecule has 0 fully saturated rings. The highest BCUT2D eigenvalue weighted by Gasteiger charge is 2.29. The monoisotopic (exact) mass is 327 g/mol. The number of carbonyl (C=O) groups excluding carboxylic acids is 1. The lowest BCUT2D eigenvalue weighted by Crippen LogP contribution is -2.26. The molecule has 0 saturated heterocycles. The van der Waals surface area contributed by atoms with Crippen LogP contribution in [-0.2, 0) is 12.8 Å². The zero-order valence-electron chi connectivity index (χ0n) is 14.1. The Morgan fingerprint density at radius 3 is 2.24 bits per heavy atom. The molecule has 0 amide bonds. The molecule has 1 aliphatic rings. The van der Waals surface area contributed by atoms with Crippen LogP contribution < -0.4 is 5.73 Å².